The molecule has 1 aromatic heterocycles. The maximum absolute atomic E-state index is 13.4. The number of ether oxygens (including phenoxy) is 4. The van der Waals surface area contributed by atoms with E-state index < -0.39 is 23.7 Å². The van der Waals surface area contributed by atoms with Crippen LogP contribution >= 0.6 is 11.6 Å². The summed E-state index contributed by atoms with van der Waals surface area (Å²) in [7, 11) is 1.62. The largest absolute Gasteiger partial charge is 0.497 e. The van der Waals surface area contributed by atoms with Gasteiger partial charge in [-0.05, 0) is 58.0 Å². The van der Waals surface area contributed by atoms with Gasteiger partial charge in [0.25, 0.3) is 0 Å². The summed E-state index contributed by atoms with van der Waals surface area (Å²) < 4.78 is 23.7. The first-order valence-corrected chi connectivity index (χ1v) is 15.2. The molecule has 0 saturated carbocycles. The van der Waals surface area contributed by atoms with Gasteiger partial charge in [0.15, 0.2) is 5.82 Å². The van der Waals surface area contributed by atoms with Gasteiger partial charge in [-0.25, -0.2) is 4.79 Å². The average molecular weight is 641 g/mol. The summed E-state index contributed by atoms with van der Waals surface area (Å²) in [6.45, 7) is 11.1. The van der Waals surface area contributed by atoms with Crippen molar-refractivity contribution in [2.24, 2.45) is 10.9 Å². The van der Waals surface area contributed by atoms with Crippen molar-refractivity contribution in [3.05, 3.63) is 70.3 Å². The van der Waals surface area contributed by atoms with E-state index in [9.17, 15) is 9.59 Å². The fourth-order valence-corrected chi connectivity index (χ4v) is 4.87. The minimum absolute atomic E-state index is 0.192. The number of carbonyl (C=O) groups excluding carboxylic acids is 2. The molecule has 0 saturated heterocycles. The summed E-state index contributed by atoms with van der Waals surface area (Å²) >= 11 is 6.19. The lowest BCUT2D eigenvalue weighted by atomic mass is 9.98. The molecule has 2 N–H and O–H groups in total. The number of nitrogens with one attached hydrogen (secondary N) is 2. The molecule has 3 aromatic rings. The zero-order chi connectivity index (χ0) is 32.6. The number of carbonyl (C=O) groups is 2. The molecule has 1 aliphatic rings. The molecule has 13 heteroatoms. The van der Waals surface area contributed by atoms with E-state index >= 15 is 0 Å². The number of fused-ring (bicyclic) bond motifs is 3. The molecule has 0 radical (unpaired) electrons. The van der Waals surface area contributed by atoms with Crippen LogP contribution in [0.4, 0.5) is 4.79 Å². The topological polar surface area (TPSA) is 138 Å². The Morgan fingerprint density at radius 3 is 2.29 bits per heavy atom. The number of hydrogen-bond acceptors (Lipinski definition) is 9. The third kappa shape index (κ3) is 9.03. The number of aryl methyl sites for hydroxylation is 1. The van der Waals surface area contributed by atoms with Crippen LogP contribution in [0.2, 0.25) is 5.02 Å². The van der Waals surface area contributed by atoms with Crippen molar-refractivity contribution < 1.29 is 28.5 Å². The summed E-state index contributed by atoms with van der Waals surface area (Å²) in [5, 5.41) is 15.0. The SMILES string of the molecule is COc1ccc2c(c1)C(c1ccc(Cl)cc1)=N[C@@H]([C@@H](C)C(=O)NCCOCCOCCNC(=O)OC(C)(C)C)c1nnc(C)n1-2. The quantitative estimate of drug-likeness (QED) is 0.262. The first-order chi connectivity index (χ1) is 21.5. The molecular weight excluding hydrogens is 600 g/mol. The summed E-state index contributed by atoms with van der Waals surface area (Å²) in [4.78, 5) is 30.2. The van der Waals surface area contributed by atoms with Gasteiger partial charge in [0, 0.05) is 29.2 Å². The minimum Gasteiger partial charge on any atom is -0.497 e. The van der Waals surface area contributed by atoms with Gasteiger partial charge in [0.2, 0.25) is 5.91 Å². The van der Waals surface area contributed by atoms with Gasteiger partial charge in [-0.2, -0.15) is 0 Å². The molecule has 0 aliphatic carbocycles. The van der Waals surface area contributed by atoms with E-state index in [0.717, 1.165) is 16.8 Å². The van der Waals surface area contributed by atoms with Gasteiger partial charge >= 0.3 is 6.09 Å². The molecule has 242 valence electrons. The highest BCUT2D eigenvalue weighted by Gasteiger charge is 2.34. The highest BCUT2D eigenvalue weighted by molar-refractivity contribution is 6.30. The smallest absolute Gasteiger partial charge is 0.407 e. The Morgan fingerprint density at radius 2 is 1.64 bits per heavy atom. The fraction of sp³-hybridized carbons (Fsp3) is 0.469. The van der Waals surface area contributed by atoms with E-state index in [-0.39, 0.29) is 5.91 Å². The highest BCUT2D eigenvalue weighted by Crippen LogP contribution is 2.36. The van der Waals surface area contributed by atoms with Gasteiger partial charge in [0.1, 0.15) is 23.2 Å². The second-order valence-corrected chi connectivity index (χ2v) is 11.9. The van der Waals surface area contributed by atoms with Gasteiger partial charge in [-0.15, -0.1) is 10.2 Å². The summed E-state index contributed by atoms with van der Waals surface area (Å²) in [6.07, 6.45) is -0.483. The van der Waals surface area contributed by atoms with Gasteiger partial charge in [-0.1, -0.05) is 30.7 Å². The van der Waals surface area contributed by atoms with E-state index in [1.165, 1.54) is 0 Å². The zero-order valence-electron chi connectivity index (χ0n) is 26.6. The third-order valence-corrected chi connectivity index (χ3v) is 7.17. The maximum atomic E-state index is 13.4. The van der Waals surface area contributed by atoms with E-state index in [1.54, 1.807) is 27.9 Å². The second kappa shape index (κ2) is 15.3. The van der Waals surface area contributed by atoms with Crippen molar-refractivity contribution in [3.63, 3.8) is 0 Å². The van der Waals surface area contributed by atoms with Crippen LogP contribution in [0, 0.1) is 12.8 Å². The van der Waals surface area contributed by atoms with Crippen LogP contribution in [-0.2, 0) is 19.0 Å². The Kier molecular flexibility index (Phi) is 11.5. The second-order valence-electron chi connectivity index (χ2n) is 11.5. The lowest BCUT2D eigenvalue weighted by Gasteiger charge is -2.20. The Bertz CT molecular complexity index is 1500. The highest BCUT2D eigenvalue weighted by atomic mass is 35.5. The van der Waals surface area contributed by atoms with Crippen LogP contribution in [0.15, 0.2) is 47.5 Å². The molecule has 1 aliphatic heterocycles. The summed E-state index contributed by atoms with van der Waals surface area (Å²) in [6, 6.07) is 12.6. The number of benzene rings is 2. The maximum Gasteiger partial charge on any atom is 0.407 e. The fourth-order valence-electron chi connectivity index (χ4n) is 4.75. The molecule has 4 rings (SSSR count). The van der Waals surface area contributed by atoms with Crippen LogP contribution in [0.25, 0.3) is 5.69 Å². The van der Waals surface area contributed by atoms with E-state index in [2.05, 4.69) is 20.8 Å². The zero-order valence-corrected chi connectivity index (χ0v) is 27.3. The molecule has 2 amide bonds. The average Bonchev–Trinajstić information content (AvgIpc) is 3.31. The Morgan fingerprint density at radius 1 is 0.978 bits per heavy atom. The molecule has 2 aromatic carbocycles. The molecule has 0 spiro atoms. The Hall–Kier alpha value is -4.00. The number of nitrogens with zero attached hydrogens (tertiary/aromatic N) is 4. The molecule has 2 atom stereocenters. The van der Waals surface area contributed by atoms with Crippen LogP contribution in [0.1, 0.15) is 56.5 Å². The van der Waals surface area contributed by atoms with Crippen molar-refractivity contribution in [3.8, 4) is 11.4 Å². The Balaban J connectivity index is 1.36. The number of amides is 2. The van der Waals surface area contributed by atoms with Crippen LogP contribution in [0.5, 0.6) is 5.75 Å². The van der Waals surface area contributed by atoms with Crippen molar-refractivity contribution in [1.82, 2.24) is 25.4 Å². The molecule has 2 heterocycles. The van der Waals surface area contributed by atoms with Crippen LogP contribution < -0.4 is 15.4 Å². The number of methoxy groups -OCH3 is 1. The summed E-state index contributed by atoms with van der Waals surface area (Å²) in [5.41, 5.74) is 2.66. The number of hydrogen-bond donors (Lipinski definition) is 2. The van der Waals surface area contributed by atoms with Crippen molar-refractivity contribution in [2.75, 3.05) is 46.6 Å². The predicted octanol–water partition coefficient (Wildman–Crippen LogP) is 4.44. The first-order valence-electron chi connectivity index (χ1n) is 14.8. The van der Waals surface area contributed by atoms with E-state index in [1.807, 2.05) is 60.9 Å². The molecule has 45 heavy (non-hydrogen) atoms. The monoisotopic (exact) mass is 640 g/mol. The lowest BCUT2D eigenvalue weighted by Crippen LogP contribution is -2.35. The molecule has 0 unspecified atom stereocenters. The number of alkyl carbamates (subject to hydrolysis) is 1. The van der Waals surface area contributed by atoms with E-state index in [4.69, 9.17) is 35.5 Å². The number of aliphatic imine (C=N–C) groups is 1. The molecular formula is C32H41ClN6O6. The number of halogens is 1. The lowest BCUT2D eigenvalue weighted by molar-refractivity contribution is -0.125. The third-order valence-electron chi connectivity index (χ3n) is 6.92. The van der Waals surface area contributed by atoms with Crippen molar-refractivity contribution >= 4 is 29.3 Å². The van der Waals surface area contributed by atoms with Crippen LogP contribution in [-0.4, -0.2) is 84.7 Å². The van der Waals surface area contributed by atoms with Gasteiger partial charge in [0.05, 0.1) is 50.9 Å². The molecule has 12 nitrogen and oxygen atoms in total. The van der Waals surface area contributed by atoms with Crippen molar-refractivity contribution in [1.29, 1.82) is 0 Å². The van der Waals surface area contributed by atoms with Gasteiger partial charge < -0.3 is 29.6 Å². The number of aromatic nitrogens is 3. The number of rotatable bonds is 13. The molecule has 0 fully saturated rings. The summed E-state index contributed by atoms with van der Waals surface area (Å²) in [5.74, 6) is 1.15. The van der Waals surface area contributed by atoms with Gasteiger partial charge in [-0.3, -0.25) is 14.4 Å². The van der Waals surface area contributed by atoms with Crippen LogP contribution in [0.3, 0.4) is 0 Å². The van der Waals surface area contributed by atoms with E-state index in [0.29, 0.717) is 67.6 Å². The predicted molar refractivity (Wildman–Crippen MR) is 171 cm³/mol. The molecule has 0 bridgehead atoms. The first kappa shape index (κ1) is 33.9. The standard InChI is InChI=1S/C32H41ClN6O6/c1-20(30(40)34-13-15-43-17-18-44-16-14-35-31(41)45-32(3,4)5)27-29-38-37-21(2)39(29)26-12-11-24(42-6)19-25(26)28(36-27)22-7-9-23(33)10-8-22/h7-12,19-20,27H,13-18H2,1-6H3,(H,34,40)(H,35,41)/t20-,27+/m1/s1. The normalized spacial score (nSPS) is 14.8. The van der Waals surface area contributed by atoms with Crippen molar-refractivity contribution in [2.45, 2.75) is 46.3 Å². The minimum atomic E-state index is -0.626. The Labute approximate surface area is 268 Å².